The van der Waals surface area contributed by atoms with E-state index in [1.807, 2.05) is 37.3 Å². The van der Waals surface area contributed by atoms with Gasteiger partial charge in [-0.3, -0.25) is 4.79 Å². The van der Waals surface area contributed by atoms with Crippen molar-refractivity contribution >= 4 is 40.5 Å². The number of carbonyl (C=O) groups excluding carboxylic acids is 2. The molecule has 0 fully saturated rings. The number of hydrogen-bond acceptors (Lipinski definition) is 5. The molecule has 0 bridgehead atoms. The number of carbonyl (C=O) groups is 2. The number of aromatic nitrogens is 1. The molecule has 0 saturated heterocycles. The summed E-state index contributed by atoms with van der Waals surface area (Å²) in [6, 6.07) is 14.7. The average Bonchev–Trinajstić information content (AvgIpc) is 3.16. The van der Waals surface area contributed by atoms with Crippen LogP contribution in [0.15, 0.2) is 53.9 Å². The van der Waals surface area contributed by atoms with Gasteiger partial charge in [0.05, 0.1) is 0 Å². The molecule has 138 valence electrons. The lowest BCUT2D eigenvalue weighted by Gasteiger charge is -2.07. The van der Waals surface area contributed by atoms with E-state index in [9.17, 15) is 9.59 Å². The lowest BCUT2D eigenvalue weighted by molar-refractivity contribution is -0.119. The third-order valence-corrected chi connectivity index (χ3v) is 4.86. The minimum Gasteiger partial charge on any atom is -0.451 e. The highest BCUT2D eigenvalue weighted by Gasteiger charge is 2.15. The molecule has 27 heavy (non-hydrogen) atoms. The lowest BCUT2D eigenvalue weighted by Crippen LogP contribution is -2.21. The number of esters is 1. The van der Waals surface area contributed by atoms with Crippen molar-refractivity contribution < 1.29 is 14.3 Å². The van der Waals surface area contributed by atoms with Gasteiger partial charge in [-0.25, -0.2) is 9.78 Å². The van der Waals surface area contributed by atoms with Gasteiger partial charge in [-0.15, -0.1) is 11.3 Å². The van der Waals surface area contributed by atoms with Gasteiger partial charge < -0.3 is 10.1 Å². The Bertz CT molecular complexity index is 971. The fourth-order valence-corrected chi connectivity index (χ4v) is 3.37. The van der Waals surface area contributed by atoms with Crippen LogP contribution in [0.25, 0.3) is 10.6 Å². The Hall–Kier alpha value is -2.70. The third kappa shape index (κ3) is 5.15. The second-order valence-corrected chi connectivity index (χ2v) is 7.02. The van der Waals surface area contributed by atoms with Crippen molar-refractivity contribution in [3.8, 4) is 10.6 Å². The van der Waals surface area contributed by atoms with Crippen LogP contribution in [0.5, 0.6) is 0 Å². The summed E-state index contributed by atoms with van der Waals surface area (Å²) in [4.78, 5) is 28.4. The Labute approximate surface area is 166 Å². The van der Waals surface area contributed by atoms with E-state index in [0.717, 1.165) is 17.5 Å². The van der Waals surface area contributed by atoms with Crippen molar-refractivity contribution in [3.05, 3.63) is 70.2 Å². The van der Waals surface area contributed by atoms with E-state index in [1.54, 1.807) is 23.6 Å². The Morgan fingerprint density at radius 2 is 2.00 bits per heavy atom. The van der Waals surface area contributed by atoms with Crippen LogP contribution in [-0.4, -0.2) is 23.5 Å². The van der Waals surface area contributed by atoms with Gasteiger partial charge in [0.25, 0.3) is 5.91 Å². The maximum atomic E-state index is 12.1. The molecule has 0 radical (unpaired) electrons. The van der Waals surface area contributed by atoms with Gasteiger partial charge in [0.15, 0.2) is 12.3 Å². The molecule has 0 aliphatic heterocycles. The van der Waals surface area contributed by atoms with Crippen LogP contribution in [0.4, 0.5) is 5.69 Å². The highest BCUT2D eigenvalue weighted by atomic mass is 35.5. The van der Waals surface area contributed by atoms with E-state index >= 15 is 0 Å². The van der Waals surface area contributed by atoms with E-state index in [0.29, 0.717) is 15.7 Å². The van der Waals surface area contributed by atoms with E-state index in [1.165, 1.54) is 11.3 Å². The van der Waals surface area contributed by atoms with Crippen LogP contribution in [0.3, 0.4) is 0 Å². The molecule has 5 nitrogen and oxygen atoms in total. The summed E-state index contributed by atoms with van der Waals surface area (Å²) >= 11 is 7.28. The standard InChI is InChI=1S/C20H17ClN2O3S/c1-2-13-5-3-8-16(9-13)22-18(24)11-26-20(25)17-12-27-19(23-17)14-6-4-7-15(21)10-14/h3-10,12H,2,11H2,1H3,(H,22,24). The lowest BCUT2D eigenvalue weighted by atomic mass is 10.1. The predicted octanol–water partition coefficient (Wildman–Crippen LogP) is 4.82. The number of halogens is 1. The number of nitrogens with zero attached hydrogens (tertiary/aromatic N) is 1. The number of thiazole rings is 1. The summed E-state index contributed by atoms with van der Waals surface area (Å²) in [7, 11) is 0. The predicted molar refractivity (Wildman–Crippen MR) is 107 cm³/mol. The van der Waals surface area contributed by atoms with Crippen molar-refractivity contribution in [1.29, 1.82) is 0 Å². The van der Waals surface area contributed by atoms with Crippen molar-refractivity contribution in [1.82, 2.24) is 4.98 Å². The molecule has 0 unspecified atom stereocenters. The summed E-state index contributed by atoms with van der Waals surface area (Å²) < 4.78 is 5.06. The second kappa shape index (κ2) is 8.79. The monoisotopic (exact) mass is 400 g/mol. The first-order valence-electron chi connectivity index (χ1n) is 8.32. The Morgan fingerprint density at radius 3 is 2.78 bits per heavy atom. The van der Waals surface area contributed by atoms with E-state index < -0.39 is 11.9 Å². The molecule has 2 aromatic carbocycles. The zero-order chi connectivity index (χ0) is 19.2. The van der Waals surface area contributed by atoms with Crippen LogP contribution < -0.4 is 5.32 Å². The summed E-state index contributed by atoms with van der Waals surface area (Å²) in [5, 5.41) is 5.56. The smallest absolute Gasteiger partial charge is 0.358 e. The number of hydrogen-bond donors (Lipinski definition) is 1. The number of nitrogens with one attached hydrogen (secondary N) is 1. The number of anilines is 1. The summed E-state index contributed by atoms with van der Waals surface area (Å²) in [6.07, 6.45) is 0.873. The molecule has 0 atom stereocenters. The fraction of sp³-hybridized carbons (Fsp3) is 0.150. The number of amides is 1. The molecular weight excluding hydrogens is 384 g/mol. The van der Waals surface area contributed by atoms with Gasteiger partial charge in [0.1, 0.15) is 5.01 Å². The second-order valence-electron chi connectivity index (χ2n) is 5.73. The topological polar surface area (TPSA) is 68.3 Å². The van der Waals surface area contributed by atoms with E-state index in [4.69, 9.17) is 16.3 Å². The van der Waals surface area contributed by atoms with E-state index in [-0.39, 0.29) is 12.3 Å². The van der Waals surface area contributed by atoms with Gasteiger partial charge >= 0.3 is 5.97 Å². The Morgan fingerprint density at radius 1 is 1.19 bits per heavy atom. The molecule has 1 aromatic heterocycles. The summed E-state index contributed by atoms with van der Waals surface area (Å²) in [5.41, 5.74) is 2.77. The summed E-state index contributed by atoms with van der Waals surface area (Å²) in [5.74, 6) is -1.04. The first-order chi connectivity index (χ1) is 13.0. The van der Waals surface area contributed by atoms with Crippen molar-refractivity contribution in [2.24, 2.45) is 0 Å². The largest absolute Gasteiger partial charge is 0.451 e. The number of aryl methyl sites for hydroxylation is 1. The van der Waals surface area contributed by atoms with Crippen LogP contribution >= 0.6 is 22.9 Å². The van der Waals surface area contributed by atoms with Gasteiger partial charge in [-0.2, -0.15) is 0 Å². The van der Waals surface area contributed by atoms with Crippen molar-refractivity contribution in [3.63, 3.8) is 0 Å². The molecule has 0 aliphatic rings. The average molecular weight is 401 g/mol. The SMILES string of the molecule is CCc1cccc(NC(=O)COC(=O)c2csc(-c3cccc(Cl)c3)n2)c1. The Kier molecular flexibility index (Phi) is 6.21. The van der Waals surface area contributed by atoms with Gasteiger partial charge in [-0.05, 0) is 36.2 Å². The minimum absolute atomic E-state index is 0.163. The molecule has 1 amide bonds. The molecule has 7 heteroatoms. The zero-order valence-corrected chi connectivity index (χ0v) is 16.1. The molecule has 1 heterocycles. The molecular formula is C20H17ClN2O3S. The van der Waals surface area contributed by atoms with Gasteiger partial charge in [0, 0.05) is 21.7 Å². The molecule has 0 saturated carbocycles. The van der Waals surface area contributed by atoms with Crippen LogP contribution in [0, 0.1) is 0 Å². The van der Waals surface area contributed by atoms with Crippen molar-refractivity contribution in [2.75, 3.05) is 11.9 Å². The zero-order valence-electron chi connectivity index (χ0n) is 14.6. The fourth-order valence-electron chi connectivity index (χ4n) is 2.39. The number of ether oxygens (including phenoxy) is 1. The first kappa shape index (κ1) is 19.1. The summed E-state index contributed by atoms with van der Waals surface area (Å²) in [6.45, 7) is 1.66. The van der Waals surface area contributed by atoms with Crippen LogP contribution in [0.2, 0.25) is 5.02 Å². The Balaban J connectivity index is 1.57. The molecule has 0 spiro atoms. The van der Waals surface area contributed by atoms with Crippen LogP contribution in [-0.2, 0) is 16.0 Å². The first-order valence-corrected chi connectivity index (χ1v) is 9.58. The van der Waals surface area contributed by atoms with E-state index in [2.05, 4.69) is 10.3 Å². The maximum absolute atomic E-state index is 12.1. The normalized spacial score (nSPS) is 10.4. The number of rotatable bonds is 6. The van der Waals surface area contributed by atoms with Crippen molar-refractivity contribution in [2.45, 2.75) is 13.3 Å². The molecule has 3 rings (SSSR count). The third-order valence-electron chi connectivity index (χ3n) is 3.74. The molecule has 1 N–H and O–H groups in total. The minimum atomic E-state index is -0.642. The highest BCUT2D eigenvalue weighted by Crippen LogP contribution is 2.26. The molecule has 0 aliphatic carbocycles. The molecule has 3 aromatic rings. The quantitative estimate of drug-likeness (QED) is 0.602. The maximum Gasteiger partial charge on any atom is 0.358 e. The van der Waals surface area contributed by atoms with Crippen LogP contribution in [0.1, 0.15) is 23.0 Å². The highest BCUT2D eigenvalue weighted by molar-refractivity contribution is 7.13. The number of benzene rings is 2. The van der Waals surface area contributed by atoms with Gasteiger partial charge in [-0.1, -0.05) is 42.8 Å². The van der Waals surface area contributed by atoms with Gasteiger partial charge in [0.2, 0.25) is 0 Å².